The van der Waals surface area contributed by atoms with Crippen LogP contribution in [-0.2, 0) is 29.2 Å². The van der Waals surface area contributed by atoms with Gasteiger partial charge in [0.05, 0.1) is 46.1 Å². The van der Waals surface area contributed by atoms with Crippen LogP contribution < -0.4 is 9.64 Å². The molecule has 0 spiro atoms. The number of amides is 1. The van der Waals surface area contributed by atoms with Gasteiger partial charge in [-0.05, 0) is 42.5 Å². The number of morpholine rings is 1. The lowest BCUT2D eigenvalue weighted by Crippen LogP contribution is -2.43. The number of fused-ring (bicyclic) bond motifs is 1. The summed E-state index contributed by atoms with van der Waals surface area (Å²) in [4.78, 5) is 21.9. The van der Waals surface area contributed by atoms with Crippen molar-refractivity contribution in [2.45, 2.75) is 16.2 Å². The van der Waals surface area contributed by atoms with Crippen LogP contribution in [0.4, 0.5) is 5.13 Å². The number of aromatic nitrogens is 1. The number of hydrogen-bond donors (Lipinski definition) is 0. The highest BCUT2D eigenvalue weighted by molar-refractivity contribution is 7.91. The average Bonchev–Trinajstić information content (AvgIpc) is 3.31. The molecule has 1 fully saturated rings. The minimum Gasteiger partial charge on any atom is -0.497 e. The molecule has 0 bridgehead atoms. The van der Waals surface area contributed by atoms with Gasteiger partial charge in [-0.1, -0.05) is 11.3 Å². The number of anilines is 1. The second-order valence-corrected chi connectivity index (χ2v) is 13.8. The molecule has 1 aromatic heterocycles. The summed E-state index contributed by atoms with van der Waals surface area (Å²) in [6.45, 7) is 3.61. The highest BCUT2D eigenvalue weighted by Crippen LogP contribution is 2.31. The highest BCUT2D eigenvalue weighted by atomic mass is 35.5. The Balaban J connectivity index is 0.00000400. The van der Waals surface area contributed by atoms with Gasteiger partial charge < -0.3 is 9.47 Å². The summed E-state index contributed by atoms with van der Waals surface area (Å²) in [6.07, 6.45) is 0.916. The molecule has 1 amide bonds. The van der Waals surface area contributed by atoms with E-state index in [1.165, 1.54) is 41.5 Å². The number of methoxy groups -OCH3 is 1. The maximum atomic E-state index is 13.4. The van der Waals surface area contributed by atoms with Gasteiger partial charge >= 0.3 is 0 Å². The molecule has 10 nitrogen and oxygen atoms in total. The molecule has 1 aliphatic heterocycles. The van der Waals surface area contributed by atoms with E-state index in [-0.39, 0.29) is 40.3 Å². The molecular formula is C24H30ClN3O7S3. The van der Waals surface area contributed by atoms with Crippen molar-refractivity contribution in [3.63, 3.8) is 0 Å². The predicted octanol–water partition coefficient (Wildman–Crippen LogP) is 2.66. The Kier molecular flexibility index (Phi) is 10.1. The Morgan fingerprint density at radius 3 is 2.37 bits per heavy atom. The molecule has 0 atom stereocenters. The van der Waals surface area contributed by atoms with Crippen LogP contribution in [0.3, 0.4) is 0 Å². The number of carbonyl (C=O) groups is 1. The van der Waals surface area contributed by atoms with Crippen LogP contribution in [-0.4, -0.2) is 91.1 Å². The lowest BCUT2D eigenvalue weighted by atomic mass is 10.3. The molecule has 1 saturated heterocycles. The Morgan fingerprint density at radius 2 is 1.74 bits per heavy atom. The van der Waals surface area contributed by atoms with Gasteiger partial charge in [-0.3, -0.25) is 14.6 Å². The summed E-state index contributed by atoms with van der Waals surface area (Å²) in [5.41, 5.74) is 0.572. The number of ether oxygens (including phenoxy) is 2. The second kappa shape index (κ2) is 12.7. The third-order valence-electron chi connectivity index (χ3n) is 6.06. The fourth-order valence-corrected chi connectivity index (χ4v) is 6.89. The van der Waals surface area contributed by atoms with Gasteiger partial charge in [0.15, 0.2) is 24.8 Å². The van der Waals surface area contributed by atoms with Gasteiger partial charge in [-0.25, -0.2) is 21.8 Å². The van der Waals surface area contributed by atoms with Crippen LogP contribution in [0, 0.1) is 0 Å². The molecule has 14 heteroatoms. The Hall–Kier alpha value is -2.29. The minimum absolute atomic E-state index is 0. The van der Waals surface area contributed by atoms with E-state index in [9.17, 15) is 21.6 Å². The zero-order valence-electron chi connectivity index (χ0n) is 21.0. The maximum absolute atomic E-state index is 13.4. The first-order valence-corrected chi connectivity index (χ1v) is 16.0. The zero-order valence-corrected chi connectivity index (χ0v) is 24.3. The summed E-state index contributed by atoms with van der Waals surface area (Å²) in [6, 6.07) is 10.7. The average molecular weight is 604 g/mol. The molecule has 0 saturated carbocycles. The van der Waals surface area contributed by atoms with E-state index in [1.807, 2.05) is 0 Å². The van der Waals surface area contributed by atoms with Gasteiger partial charge in [-0.2, -0.15) is 0 Å². The van der Waals surface area contributed by atoms with E-state index in [0.29, 0.717) is 47.4 Å². The summed E-state index contributed by atoms with van der Waals surface area (Å²) in [5.74, 6) is -0.179. The van der Waals surface area contributed by atoms with Crippen molar-refractivity contribution < 1.29 is 31.1 Å². The molecular weight excluding hydrogens is 574 g/mol. The van der Waals surface area contributed by atoms with E-state index < -0.39 is 19.7 Å². The first kappa shape index (κ1) is 30.3. The predicted molar refractivity (Wildman–Crippen MR) is 149 cm³/mol. The molecule has 208 valence electrons. The lowest BCUT2D eigenvalue weighted by Gasteiger charge is -2.29. The van der Waals surface area contributed by atoms with Gasteiger partial charge in [0.2, 0.25) is 5.91 Å². The number of halogens is 1. The van der Waals surface area contributed by atoms with Crippen molar-refractivity contribution in [1.29, 1.82) is 0 Å². The second-order valence-electron chi connectivity index (χ2n) is 8.64. The number of rotatable bonds is 10. The molecule has 3 aromatic rings. The fraction of sp³-hybridized carbons (Fsp3) is 0.417. The lowest BCUT2D eigenvalue weighted by molar-refractivity contribution is -0.118. The number of nitrogens with zero attached hydrogens (tertiary/aromatic N) is 3. The van der Waals surface area contributed by atoms with Crippen molar-refractivity contribution in [1.82, 2.24) is 9.88 Å². The number of sulfone groups is 2. The number of hydrogen-bond acceptors (Lipinski definition) is 10. The van der Waals surface area contributed by atoms with E-state index in [4.69, 9.17) is 9.47 Å². The number of carbonyl (C=O) groups excluding carboxylic acids is 1. The molecule has 4 rings (SSSR count). The van der Waals surface area contributed by atoms with Crippen LogP contribution in [0.15, 0.2) is 52.3 Å². The monoisotopic (exact) mass is 603 g/mol. The molecule has 0 N–H and O–H groups in total. The maximum Gasteiger partial charge on any atom is 0.229 e. The van der Waals surface area contributed by atoms with Crippen LogP contribution in [0.1, 0.15) is 6.42 Å². The van der Waals surface area contributed by atoms with Gasteiger partial charge in [-0.15, -0.1) is 12.4 Å². The summed E-state index contributed by atoms with van der Waals surface area (Å²) >= 11 is 1.21. The smallest absolute Gasteiger partial charge is 0.229 e. The SMILES string of the molecule is COc1ccc(S(=O)(=O)CCC(=O)N(CCN2CCOCC2)c2nc3ccc(S(C)(=O)=O)cc3s2)cc1.Cl. The largest absolute Gasteiger partial charge is 0.497 e. The third kappa shape index (κ3) is 7.42. The van der Waals surface area contributed by atoms with Crippen LogP contribution >= 0.6 is 23.7 Å². The molecule has 1 aliphatic rings. The van der Waals surface area contributed by atoms with Crippen LogP contribution in [0.25, 0.3) is 10.2 Å². The van der Waals surface area contributed by atoms with Gasteiger partial charge in [0.1, 0.15) is 5.75 Å². The molecule has 2 heterocycles. The first-order valence-electron chi connectivity index (χ1n) is 11.6. The van der Waals surface area contributed by atoms with Crippen molar-refractivity contribution in [2.24, 2.45) is 0 Å². The van der Waals surface area contributed by atoms with E-state index in [1.54, 1.807) is 24.3 Å². The molecule has 0 radical (unpaired) electrons. The number of benzene rings is 2. The molecule has 0 unspecified atom stereocenters. The molecule has 0 aliphatic carbocycles. The standard InChI is InChI=1S/C24H29N3O7S3.ClH/c1-33-18-3-5-19(6-4-18)37(31,32)16-9-23(28)27(11-10-26-12-14-34-15-13-26)24-25-21-8-7-20(36(2,29)30)17-22(21)35-24;/h3-8,17H,9-16H2,1-2H3;1H. The van der Waals surface area contributed by atoms with Crippen molar-refractivity contribution in [3.05, 3.63) is 42.5 Å². The normalized spacial score (nSPS) is 14.7. The zero-order chi connectivity index (χ0) is 26.6. The Labute approximate surface area is 232 Å². The molecule has 2 aromatic carbocycles. The topological polar surface area (TPSA) is 123 Å². The van der Waals surface area contributed by atoms with E-state index in [0.717, 1.165) is 19.3 Å². The highest BCUT2D eigenvalue weighted by Gasteiger charge is 2.25. The Bertz CT molecular complexity index is 1470. The summed E-state index contributed by atoms with van der Waals surface area (Å²) < 4.78 is 60.8. The van der Waals surface area contributed by atoms with Crippen LogP contribution in [0.5, 0.6) is 5.75 Å². The molecule has 38 heavy (non-hydrogen) atoms. The van der Waals surface area contributed by atoms with E-state index >= 15 is 0 Å². The quantitative estimate of drug-likeness (QED) is 0.344. The van der Waals surface area contributed by atoms with Crippen molar-refractivity contribution in [3.8, 4) is 5.75 Å². The summed E-state index contributed by atoms with van der Waals surface area (Å²) in [5, 5.41) is 0.403. The van der Waals surface area contributed by atoms with Crippen molar-refractivity contribution in [2.75, 3.05) is 63.4 Å². The van der Waals surface area contributed by atoms with Crippen LogP contribution in [0.2, 0.25) is 0 Å². The fourth-order valence-electron chi connectivity index (χ4n) is 3.89. The van der Waals surface area contributed by atoms with Crippen molar-refractivity contribution >= 4 is 64.7 Å². The number of thiazole rings is 1. The summed E-state index contributed by atoms with van der Waals surface area (Å²) in [7, 11) is -5.59. The first-order chi connectivity index (χ1) is 17.6. The van der Waals surface area contributed by atoms with Gasteiger partial charge in [0.25, 0.3) is 0 Å². The third-order valence-corrected chi connectivity index (χ3v) is 9.94. The minimum atomic E-state index is -3.69. The van der Waals surface area contributed by atoms with Gasteiger partial charge in [0, 0.05) is 38.9 Å². The Morgan fingerprint density at radius 1 is 1.08 bits per heavy atom. The van der Waals surface area contributed by atoms with E-state index in [2.05, 4.69) is 9.88 Å².